The van der Waals surface area contributed by atoms with Crippen LogP contribution < -0.4 is 53.1 Å². The molecular formula is C102H126N22O18. The molecule has 0 bridgehead atoms. The highest BCUT2D eigenvalue weighted by Crippen LogP contribution is 2.27. The highest BCUT2D eigenvalue weighted by Gasteiger charge is 2.14. The van der Waals surface area contributed by atoms with Crippen LogP contribution in [-0.4, -0.2) is 184 Å². The van der Waals surface area contributed by atoms with Crippen LogP contribution in [0.3, 0.4) is 0 Å². The zero-order chi connectivity index (χ0) is 104. The molecule has 16 aromatic heterocycles. The Morgan fingerprint density at radius 3 is 1.08 bits per heavy atom. The number of rotatable bonds is 26. The molecule has 0 saturated carbocycles. The van der Waals surface area contributed by atoms with Crippen molar-refractivity contribution >= 4 is 12.3 Å². The van der Waals surface area contributed by atoms with Crippen molar-refractivity contribution in [2.45, 2.75) is 220 Å². The Kier molecular flexibility index (Phi) is 52.3. The summed E-state index contributed by atoms with van der Waals surface area (Å²) < 4.78 is 73.4. The summed E-state index contributed by atoms with van der Waals surface area (Å²) in [5.41, 5.74) is 9.70. The minimum absolute atomic E-state index is 0.0586. The first-order valence-electron chi connectivity index (χ1n) is 45.0. The van der Waals surface area contributed by atoms with E-state index in [1.807, 2.05) is 282 Å². The van der Waals surface area contributed by atoms with Gasteiger partial charge < -0.3 is 60.6 Å². The maximum atomic E-state index is 10.8. The number of nitrogens with zero attached hydrogens (tertiary/aromatic N) is 20. The van der Waals surface area contributed by atoms with Gasteiger partial charge in [-0.2, -0.15) is 34.5 Å². The summed E-state index contributed by atoms with van der Waals surface area (Å²) in [6.07, 6.45) is 36.1. The number of aromatic amines is 2. The van der Waals surface area contributed by atoms with E-state index in [0.717, 1.165) is 96.8 Å². The van der Waals surface area contributed by atoms with Gasteiger partial charge in [-0.25, -0.2) is 9.89 Å². The lowest BCUT2D eigenvalue weighted by Crippen LogP contribution is -2.05. The van der Waals surface area contributed by atoms with E-state index >= 15 is 0 Å². The number of nitrogens with one attached hydrogen (secondary N) is 2. The largest absolute Gasteiger partial charge is 0.491 e. The van der Waals surface area contributed by atoms with E-state index in [4.69, 9.17) is 79.8 Å². The molecule has 0 radical (unpaired) electrons. The molecule has 0 aromatic carbocycles. The predicted octanol–water partition coefficient (Wildman–Crippen LogP) is 19.1. The van der Waals surface area contributed by atoms with Crippen LogP contribution in [0, 0.1) is 20.8 Å². The number of aryl methyl sites for hydroxylation is 5. The van der Waals surface area contributed by atoms with Crippen LogP contribution in [0.2, 0.25) is 0 Å². The zero-order valence-electron chi connectivity index (χ0n) is 84.6. The molecule has 16 heterocycles. The minimum atomic E-state index is -0.592. The van der Waals surface area contributed by atoms with Crippen molar-refractivity contribution in [1.82, 2.24) is 110 Å². The van der Waals surface area contributed by atoms with Crippen molar-refractivity contribution < 1.29 is 79.8 Å². The van der Waals surface area contributed by atoms with Crippen molar-refractivity contribution in [1.29, 1.82) is 0 Å². The first-order chi connectivity index (χ1) is 67.9. The first kappa shape index (κ1) is 116. The van der Waals surface area contributed by atoms with E-state index in [-0.39, 0.29) is 79.2 Å². The number of hydrogen-bond acceptors (Lipinski definition) is 36. The Labute approximate surface area is 825 Å². The highest BCUT2D eigenvalue weighted by molar-refractivity contribution is 5.59. The topological polar surface area (TPSA) is 491 Å². The van der Waals surface area contributed by atoms with Gasteiger partial charge in [0.1, 0.15) is 57.5 Å². The first-order valence-corrected chi connectivity index (χ1v) is 45.0. The van der Waals surface area contributed by atoms with Gasteiger partial charge in [0.2, 0.25) is 24.1 Å². The molecule has 0 aliphatic carbocycles. The molecule has 16 aromatic rings. The molecule has 0 atom stereocenters. The fraction of sp³-hybridized carbons (Fsp3) is 0.343. The lowest BCUT2D eigenvalue weighted by molar-refractivity contribution is -0.193. The molecule has 0 fully saturated rings. The maximum absolute atomic E-state index is 10.8. The maximum Gasteiger partial charge on any atom is 0.434 e. The molecule has 40 heteroatoms. The monoisotopic (exact) mass is 1950 g/mol. The van der Waals surface area contributed by atoms with E-state index in [1.54, 1.807) is 134 Å². The van der Waals surface area contributed by atoms with Gasteiger partial charge in [0.05, 0.1) is 156 Å². The smallest absolute Gasteiger partial charge is 0.434 e. The average Bonchev–Trinajstić information content (AvgIpc) is 1.71. The van der Waals surface area contributed by atoms with Crippen molar-refractivity contribution in [3.63, 3.8) is 0 Å². The Hall–Kier alpha value is -16.9. The van der Waals surface area contributed by atoms with Crippen molar-refractivity contribution in [2.24, 2.45) is 14.1 Å². The second kappa shape index (κ2) is 64.2. The number of pyridine rings is 10. The SMILES string of the molecule is CC(C)Oc1ccc(-c2ccn[nH]2)nc1.CC(C)Oc1ccc(-c2ccnn2C)nc1.CC(C)Oc1ccc(-c2cnn(C)c2)nc1.CC(C)Oc1ccncc1.CC(C)Oc1ccncc1.CC(C)Oc1cncc(-c2n[nH]c(=O)o2)c1.CC(C)Oc1cncc(-c2nnco2)c1.Cc1cc(OC(C)C)ccn1.Cc1ccc(OC(C)C)cn1.Cc1nnc(-c2cncc(OC(C)C)c2)o1.O=C=O.O=C=O. The third kappa shape index (κ3) is 48.7. The van der Waals surface area contributed by atoms with Crippen LogP contribution in [0.25, 0.3) is 68.4 Å². The summed E-state index contributed by atoms with van der Waals surface area (Å²) in [4.78, 5) is 84.3. The molecule has 2 N–H and O–H groups in total. The second-order valence-electron chi connectivity index (χ2n) is 32.3. The van der Waals surface area contributed by atoms with Crippen LogP contribution in [0.15, 0.2) is 257 Å². The summed E-state index contributed by atoms with van der Waals surface area (Å²) in [5, 5.41) is 35.9. The number of H-pyrrole nitrogens is 2. The molecule has 0 unspecified atom stereocenters. The fourth-order valence-corrected chi connectivity index (χ4v) is 10.9. The normalized spacial score (nSPS) is 10.2. The second-order valence-corrected chi connectivity index (χ2v) is 32.3. The predicted molar refractivity (Wildman–Crippen MR) is 529 cm³/mol. The van der Waals surface area contributed by atoms with Gasteiger partial charge in [-0.15, -0.1) is 25.5 Å². The standard InChI is InChI=1S/2C12H15N3O.C11H13N3O2.C11H13N3O.C10H11N3O3.C10H11N3O2.2C9H13NO.2C8H11NO.2CO2/c1-9(2)16-11-4-5-12(13-7-11)10-6-14-15(3)8-10;1-9(2)16-10-4-5-11(13-8-10)12-6-7-14-15(12)3;1-7(2)15-10-4-9(5-12-6-10)11-14-13-8(3)16-11;1-8(2)15-9-3-4-10(12-7-9)11-5-6-13-14-11;1-6(2)15-8-3-7(4-11-5-8)9-12-13-10(14)16-9;1-7(2)15-9-3-8(4-11-5-9)10-13-12-6-14-10;1-7(2)11-9-4-5-10-8(3)6-9;1-7(2)11-9-5-4-8(3)10-6-9;2*1-7(2)10-8-3-5-9-6-4-8;2*2-1-3/h2*4-9H,1-3H3;4-7H,1-3H3;3-8H,1-2H3,(H,13,14);3-6H,1-2H3,(H,13,14);3-7H,1-2H3;2*4-7H,1-3H3;2*3-7H,1-2H3;;. The quantitative estimate of drug-likeness (QED) is 0.0508. The summed E-state index contributed by atoms with van der Waals surface area (Å²) in [6.45, 7) is 45.3. The van der Waals surface area contributed by atoms with E-state index in [1.165, 1.54) is 6.39 Å². The molecule has 16 rings (SSSR count). The molecule has 142 heavy (non-hydrogen) atoms. The van der Waals surface area contributed by atoms with E-state index in [2.05, 4.69) is 101 Å². The van der Waals surface area contributed by atoms with Crippen LogP contribution in [0.5, 0.6) is 57.5 Å². The Balaban J connectivity index is 0.000000277. The Bertz CT molecular complexity index is 6130. The van der Waals surface area contributed by atoms with Gasteiger partial charge in [-0.05, 0) is 262 Å². The van der Waals surface area contributed by atoms with E-state index in [0.29, 0.717) is 40.5 Å². The van der Waals surface area contributed by atoms with E-state index in [9.17, 15) is 4.79 Å². The summed E-state index contributed by atoms with van der Waals surface area (Å²) >= 11 is 0. The lowest BCUT2D eigenvalue weighted by Gasteiger charge is -2.09. The zero-order valence-corrected chi connectivity index (χ0v) is 84.6. The molecule has 0 aliphatic heterocycles. The van der Waals surface area contributed by atoms with Gasteiger partial charge in [-0.1, -0.05) is 0 Å². The summed E-state index contributed by atoms with van der Waals surface area (Å²) in [6, 6.07) is 35.8. The Morgan fingerprint density at radius 2 is 0.732 bits per heavy atom. The van der Waals surface area contributed by atoms with Crippen molar-refractivity contribution in [2.75, 3.05) is 0 Å². The lowest BCUT2D eigenvalue weighted by atomic mass is 10.2. The molecule has 752 valence electrons. The van der Waals surface area contributed by atoms with Gasteiger partial charge in [0.25, 0.3) is 5.89 Å². The van der Waals surface area contributed by atoms with Crippen LogP contribution >= 0.6 is 0 Å². The van der Waals surface area contributed by atoms with Gasteiger partial charge in [0.15, 0.2) is 0 Å². The third-order valence-corrected chi connectivity index (χ3v) is 16.0. The molecule has 0 saturated heterocycles. The average molecular weight is 1950 g/mol. The van der Waals surface area contributed by atoms with Crippen molar-refractivity contribution in [3.8, 4) is 126 Å². The van der Waals surface area contributed by atoms with Gasteiger partial charge in [-0.3, -0.25) is 64.3 Å². The van der Waals surface area contributed by atoms with Crippen LogP contribution in [-0.2, 0) is 33.3 Å². The van der Waals surface area contributed by atoms with Gasteiger partial charge >= 0.3 is 18.1 Å². The summed E-state index contributed by atoms with van der Waals surface area (Å²) in [7, 11) is 3.79. The number of ether oxygens (including phenoxy) is 10. The molecule has 0 aliphatic rings. The molecule has 40 nitrogen and oxygen atoms in total. The minimum Gasteiger partial charge on any atom is -0.491 e. The van der Waals surface area contributed by atoms with Crippen molar-refractivity contribution in [3.05, 3.63) is 267 Å². The number of hydrogen-bond donors (Lipinski definition) is 2. The number of carbonyl (C=O) groups excluding carboxylic acids is 4. The highest BCUT2D eigenvalue weighted by atomic mass is 16.5. The summed E-state index contributed by atoms with van der Waals surface area (Å²) in [5.74, 6) is 8.91. The molecule has 0 spiro atoms. The Morgan fingerprint density at radius 1 is 0.324 bits per heavy atom. The van der Waals surface area contributed by atoms with E-state index < -0.39 is 5.76 Å². The number of aromatic nitrogens is 22. The molecular weight excluding hydrogens is 1820 g/mol. The molecule has 0 amide bonds. The van der Waals surface area contributed by atoms with Gasteiger partial charge in [0, 0.05) is 112 Å². The fourth-order valence-electron chi connectivity index (χ4n) is 10.9. The van der Waals surface area contributed by atoms with Crippen LogP contribution in [0.1, 0.15) is 156 Å². The third-order valence-electron chi connectivity index (χ3n) is 16.0. The van der Waals surface area contributed by atoms with Crippen LogP contribution in [0.4, 0.5) is 0 Å².